The van der Waals surface area contributed by atoms with Gasteiger partial charge in [0.15, 0.2) is 0 Å². The van der Waals surface area contributed by atoms with Crippen LogP contribution >= 0.6 is 0 Å². The smallest absolute Gasteiger partial charge is 0.235 e. The van der Waals surface area contributed by atoms with Gasteiger partial charge in [-0.25, -0.2) is 5.01 Å². The van der Waals surface area contributed by atoms with Crippen LogP contribution in [-0.4, -0.2) is 61.6 Å². The largest absolute Gasteiger partial charge is 0.313 e. The summed E-state index contributed by atoms with van der Waals surface area (Å²) >= 11 is 0. The van der Waals surface area contributed by atoms with Crippen LogP contribution in [0.1, 0.15) is 25.7 Å². The lowest BCUT2D eigenvalue weighted by molar-refractivity contribution is -0.127. The van der Waals surface area contributed by atoms with E-state index in [1.807, 2.05) is 5.01 Å². The molecule has 0 aliphatic carbocycles. The summed E-state index contributed by atoms with van der Waals surface area (Å²) in [6.07, 6.45) is 4.25. The van der Waals surface area contributed by atoms with Gasteiger partial charge in [-0.2, -0.15) is 0 Å². The fourth-order valence-corrected chi connectivity index (χ4v) is 2.46. The third kappa shape index (κ3) is 4.26. The Balaban J connectivity index is 1.66. The summed E-state index contributed by atoms with van der Waals surface area (Å²) in [6.45, 7) is 4.98. The fraction of sp³-hybridized carbons (Fsp3) is 0.917. The van der Waals surface area contributed by atoms with Crippen molar-refractivity contribution in [2.75, 3.05) is 39.8 Å². The van der Waals surface area contributed by atoms with E-state index in [0.717, 1.165) is 39.1 Å². The van der Waals surface area contributed by atoms with Crippen LogP contribution in [0.15, 0.2) is 0 Å². The summed E-state index contributed by atoms with van der Waals surface area (Å²) in [7, 11) is 2.12. The van der Waals surface area contributed by atoms with E-state index in [9.17, 15) is 4.79 Å². The van der Waals surface area contributed by atoms with Gasteiger partial charge in [-0.15, -0.1) is 0 Å². The first-order chi connectivity index (χ1) is 8.24. The van der Waals surface area contributed by atoms with E-state index in [1.54, 1.807) is 0 Å². The van der Waals surface area contributed by atoms with Crippen molar-refractivity contribution in [3.05, 3.63) is 0 Å². The zero-order valence-electron chi connectivity index (χ0n) is 10.7. The van der Waals surface area contributed by atoms with Crippen LogP contribution < -0.4 is 10.7 Å². The maximum absolute atomic E-state index is 11.9. The molecule has 0 aromatic carbocycles. The number of hydrogen-bond donors (Lipinski definition) is 2. The van der Waals surface area contributed by atoms with E-state index in [1.165, 1.54) is 12.8 Å². The van der Waals surface area contributed by atoms with Gasteiger partial charge >= 0.3 is 0 Å². The number of piperazine rings is 1. The summed E-state index contributed by atoms with van der Waals surface area (Å²) < 4.78 is 0. The lowest BCUT2D eigenvalue weighted by Gasteiger charge is -2.33. The molecule has 2 N–H and O–H groups in total. The average molecular weight is 240 g/mol. The standard InChI is InChI=1S/C12H24N4O/c1-15-6-8-16(9-7-15)14-12(17)10-11-4-2-3-5-13-11/h11,13H,2-10H2,1H3,(H,14,17). The Morgan fingerprint density at radius 3 is 2.71 bits per heavy atom. The highest BCUT2D eigenvalue weighted by molar-refractivity contribution is 5.76. The minimum Gasteiger partial charge on any atom is -0.313 e. The van der Waals surface area contributed by atoms with Crippen LogP contribution in [0.25, 0.3) is 0 Å². The van der Waals surface area contributed by atoms with Crippen molar-refractivity contribution in [1.82, 2.24) is 20.7 Å². The molecule has 0 radical (unpaired) electrons. The van der Waals surface area contributed by atoms with Gasteiger partial charge in [0.05, 0.1) is 0 Å². The molecule has 2 fully saturated rings. The molecule has 0 saturated carbocycles. The van der Waals surface area contributed by atoms with E-state index in [2.05, 4.69) is 22.7 Å². The van der Waals surface area contributed by atoms with Crippen molar-refractivity contribution in [2.24, 2.45) is 0 Å². The maximum Gasteiger partial charge on any atom is 0.235 e. The zero-order valence-corrected chi connectivity index (χ0v) is 10.7. The first-order valence-electron chi connectivity index (χ1n) is 6.70. The number of likely N-dealkylation sites (N-methyl/N-ethyl adjacent to an activating group) is 1. The number of carbonyl (C=O) groups is 1. The molecule has 98 valence electrons. The Morgan fingerprint density at radius 2 is 2.06 bits per heavy atom. The number of hydrogen-bond acceptors (Lipinski definition) is 4. The molecule has 2 aliphatic rings. The number of rotatable bonds is 3. The summed E-state index contributed by atoms with van der Waals surface area (Å²) in [5.41, 5.74) is 3.01. The number of piperidine rings is 1. The normalized spacial score (nSPS) is 27.9. The molecule has 0 spiro atoms. The monoisotopic (exact) mass is 240 g/mol. The Labute approximate surface area is 103 Å². The molecular weight excluding hydrogens is 216 g/mol. The van der Waals surface area contributed by atoms with Crippen molar-refractivity contribution < 1.29 is 4.79 Å². The van der Waals surface area contributed by atoms with Crippen LogP contribution in [0.5, 0.6) is 0 Å². The van der Waals surface area contributed by atoms with Gasteiger partial charge in [0, 0.05) is 38.6 Å². The highest BCUT2D eigenvalue weighted by atomic mass is 16.2. The molecule has 0 bridgehead atoms. The van der Waals surface area contributed by atoms with E-state index >= 15 is 0 Å². The quantitative estimate of drug-likeness (QED) is 0.717. The average Bonchev–Trinajstić information content (AvgIpc) is 2.33. The van der Waals surface area contributed by atoms with Gasteiger partial charge in [-0.05, 0) is 26.4 Å². The van der Waals surface area contributed by atoms with Crippen molar-refractivity contribution in [2.45, 2.75) is 31.7 Å². The molecule has 2 saturated heterocycles. The predicted octanol–water partition coefficient (Wildman–Crippen LogP) is -0.203. The number of amides is 1. The fourth-order valence-electron chi connectivity index (χ4n) is 2.46. The van der Waals surface area contributed by atoms with Gasteiger partial charge in [-0.3, -0.25) is 10.2 Å². The predicted molar refractivity (Wildman–Crippen MR) is 67.5 cm³/mol. The third-order valence-electron chi connectivity index (χ3n) is 3.63. The number of nitrogens with zero attached hydrogens (tertiary/aromatic N) is 2. The Kier molecular flexibility index (Phi) is 4.76. The maximum atomic E-state index is 11.9. The SMILES string of the molecule is CN1CCN(NC(=O)CC2CCCCN2)CC1. The first kappa shape index (κ1) is 12.8. The van der Waals surface area contributed by atoms with Gasteiger partial charge in [0.2, 0.25) is 5.91 Å². The Bertz CT molecular complexity index is 245. The van der Waals surface area contributed by atoms with Crippen molar-refractivity contribution >= 4 is 5.91 Å². The topological polar surface area (TPSA) is 47.6 Å². The van der Waals surface area contributed by atoms with Crippen molar-refractivity contribution in [3.63, 3.8) is 0 Å². The third-order valence-corrected chi connectivity index (χ3v) is 3.63. The first-order valence-corrected chi connectivity index (χ1v) is 6.70. The molecule has 1 unspecified atom stereocenters. The van der Waals surface area contributed by atoms with Gasteiger partial charge in [0.25, 0.3) is 0 Å². The zero-order chi connectivity index (χ0) is 12.1. The van der Waals surface area contributed by atoms with Crippen LogP contribution in [0.2, 0.25) is 0 Å². The van der Waals surface area contributed by atoms with Crippen LogP contribution in [-0.2, 0) is 4.79 Å². The minimum atomic E-state index is 0.161. The molecule has 1 amide bonds. The Hall–Kier alpha value is -0.650. The minimum absolute atomic E-state index is 0.161. The second-order valence-corrected chi connectivity index (χ2v) is 5.18. The molecule has 17 heavy (non-hydrogen) atoms. The summed E-state index contributed by atoms with van der Waals surface area (Å²) in [5.74, 6) is 0.161. The molecule has 2 rings (SSSR count). The number of nitrogens with one attached hydrogen (secondary N) is 2. The van der Waals surface area contributed by atoms with E-state index in [4.69, 9.17) is 0 Å². The highest BCUT2D eigenvalue weighted by Gasteiger charge is 2.19. The molecule has 5 nitrogen and oxygen atoms in total. The molecule has 2 aliphatic heterocycles. The van der Waals surface area contributed by atoms with Gasteiger partial charge in [-0.1, -0.05) is 6.42 Å². The lowest BCUT2D eigenvalue weighted by atomic mass is 10.0. The van der Waals surface area contributed by atoms with E-state index < -0.39 is 0 Å². The highest BCUT2D eigenvalue weighted by Crippen LogP contribution is 2.09. The van der Waals surface area contributed by atoms with E-state index in [-0.39, 0.29) is 5.91 Å². The lowest BCUT2D eigenvalue weighted by Crippen LogP contribution is -2.53. The van der Waals surface area contributed by atoms with E-state index in [0.29, 0.717) is 12.5 Å². The summed E-state index contributed by atoms with van der Waals surface area (Å²) in [5, 5.41) is 5.45. The van der Waals surface area contributed by atoms with Gasteiger partial charge < -0.3 is 10.2 Å². The number of carbonyl (C=O) groups excluding carboxylic acids is 1. The van der Waals surface area contributed by atoms with Crippen LogP contribution in [0.3, 0.4) is 0 Å². The second kappa shape index (κ2) is 6.33. The van der Waals surface area contributed by atoms with Crippen molar-refractivity contribution in [3.8, 4) is 0 Å². The van der Waals surface area contributed by atoms with Crippen LogP contribution in [0.4, 0.5) is 0 Å². The Morgan fingerprint density at radius 1 is 1.29 bits per heavy atom. The van der Waals surface area contributed by atoms with Gasteiger partial charge in [0.1, 0.15) is 0 Å². The molecule has 0 aromatic rings. The second-order valence-electron chi connectivity index (χ2n) is 5.18. The molecule has 5 heteroatoms. The molecule has 1 atom stereocenters. The summed E-state index contributed by atoms with van der Waals surface area (Å²) in [6, 6.07) is 0.385. The van der Waals surface area contributed by atoms with Crippen molar-refractivity contribution in [1.29, 1.82) is 0 Å². The summed E-state index contributed by atoms with van der Waals surface area (Å²) in [4.78, 5) is 14.1. The molecule has 0 aromatic heterocycles. The van der Waals surface area contributed by atoms with Crippen LogP contribution in [0, 0.1) is 0 Å². The number of hydrazine groups is 1. The molecular formula is C12H24N4O. The molecule has 2 heterocycles.